The third kappa shape index (κ3) is 4.20. The summed E-state index contributed by atoms with van der Waals surface area (Å²) in [4.78, 5) is 13.2. The van der Waals surface area contributed by atoms with Crippen LogP contribution in [0.3, 0.4) is 0 Å². The molecule has 32 heavy (non-hydrogen) atoms. The highest BCUT2D eigenvalue weighted by Crippen LogP contribution is 2.28. The molecule has 8 heteroatoms. The Kier molecular flexibility index (Phi) is 5.92. The summed E-state index contributed by atoms with van der Waals surface area (Å²) in [6.07, 6.45) is 0.508. The molecule has 1 N–H and O–H groups in total. The summed E-state index contributed by atoms with van der Waals surface area (Å²) in [6.45, 7) is 6.73. The normalized spacial score (nSPS) is 14.2. The number of sulfonamides is 1. The number of aryl methyl sites for hydroxylation is 4. The molecule has 0 bridgehead atoms. The van der Waals surface area contributed by atoms with Crippen molar-refractivity contribution in [1.82, 2.24) is 19.4 Å². The molecule has 168 valence electrons. The van der Waals surface area contributed by atoms with Gasteiger partial charge in [-0.1, -0.05) is 35.9 Å². The second kappa shape index (κ2) is 8.52. The summed E-state index contributed by atoms with van der Waals surface area (Å²) in [6, 6.07) is 13.1. The molecule has 2 aromatic carbocycles. The second-order valence-electron chi connectivity index (χ2n) is 8.40. The van der Waals surface area contributed by atoms with Crippen LogP contribution in [-0.4, -0.2) is 35.0 Å². The van der Waals surface area contributed by atoms with E-state index < -0.39 is 10.0 Å². The number of hydrogen-bond donors (Lipinski definition) is 1. The van der Waals surface area contributed by atoms with Crippen LogP contribution in [0.5, 0.6) is 0 Å². The van der Waals surface area contributed by atoms with Gasteiger partial charge in [-0.15, -0.1) is 0 Å². The summed E-state index contributed by atoms with van der Waals surface area (Å²) in [7, 11) is -1.88. The summed E-state index contributed by atoms with van der Waals surface area (Å²) in [5, 5.41) is 7.34. The summed E-state index contributed by atoms with van der Waals surface area (Å²) < 4.78 is 29.7. The van der Waals surface area contributed by atoms with E-state index in [4.69, 9.17) is 0 Å². The van der Waals surface area contributed by atoms with Crippen molar-refractivity contribution >= 4 is 15.9 Å². The number of nitrogens with one attached hydrogen (secondary N) is 1. The molecule has 0 atom stereocenters. The number of aromatic nitrogens is 2. The lowest BCUT2D eigenvalue weighted by molar-refractivity contribution is 0.0943. The highest BCUT2D eigenvalue weighted by atomic mass is 32.2. The Morgan fingerprint density at radius 1 is 1.09 bits per heavy atom. The molecule has 7 nitrogen and oxygen atoms in total. The van der Waals surface area contributed by atoms with Gasteiger partial charge in [0, 0.05) is 44.4 Å². The zero-order valence-electron chi connectivity index (χ0n) is 18.8. The number of carbonyl (C=O) groups excluding carboxylic acids is 1. The first kappa shape index (κ1) is 22.2. The van der Waals surface area contributed by atoms with Crippen LogP contribution < -0.4 is 5.32 Å². The maximum absolute atomic E-state index is 13.3. The first-order chi connectivity index (χ1) is 15.2. The van der Waals surface area contributed by atoms with Crippen molar-refractivity contribution < 1.29 is 13.2 Å². The first-order valence-corrected chi connectivity index (χ1v) is 12.1. The fraction of sp³-hybridized carbons (Fsp3) is 0.333. The van der Waals surface area contributed by atoms with Gasteiger partial charge in [0.05, 0.1) is 4.90 Å². The molecule has 1 amide bonds. The van der Waals surface area contributed by atoms with Gasteiger partial charge in [0.25, 0.3) is 5.91 Å². The molecule has 0 aliphatic carbocycles. The molecule has 3 aromatic rings. The Hall–Kier alpha value is -2.97. The molecule has 0 saturated heterocycles. The van der Waals surface area contributed by atoms with Crippen molar-refractivity contribution in [2.24, 2.45) is 7.05 Å². The van der Waals surface area contributed by atoms with Gasteiger partial charge >= 0.3 is 0 Å². The third-order valence-electron chi connectivity index (χ3n) is 6.07. The highest BCUT2D eigenvalue weighted by Gasteiger charge is 2.33. The monoisotopic (exact) mass is 452 g/mol. The fourth-order valence-corrected chi connectivity index (χ4v) is 5.56. The lowest BCUT2D eigenvalue weighted by Crippen LogP contribution is -2.37. The lowest BCUT2D eigenvalue weighted by atomic mass is 10.1. The Bertz CT molecular complexity index is 1290. The minimum Gasteiger partial charge on any atom is -0.347 e. The second-order valence-corrected chi connectivity index (χ2v) is 10.3. The van der Waals surface area contributed by atoms with E-state index in [0.29, 0.717) is 25.1 Å². The number of benzene rings is 2. The fourth-order valence-electron chi connectivity index (χ4n) is 4.07. The van der Waals surface area contributed by atoms with Gasteiger partial charge in [-0.25, -0.2) is 8.42 Å². The van der Waals surface area contributed by atoms with Crippen LogP contribution >= 0.6 is 0 Å². The lowest BCUT2D eigenvalue weighted by Gasteiger charge is -2.27. The van der Waals surface area contributed by atoms with Crippen molar-refractivity contribution in [3.05, 3.63) is 81.7 Å². The smallest absolute Gasteiger partial charge is 0.272 e. The topological polar surface area (TPSA) is 84.3 Å². The van der Waals surface area contributed by atoms with E-state index in [1.165, 1.54) is 4.31 Å². The molecule has 1 aliphatic heterocycles. The molecule has 0 fully saturated rings. The molecular formula is C24H28N4O3S. The van der Waals surface area contributed by atoms with Crippen LogP contribution in [0.15, 0.2) is 47.4 Å². The molecule has 0 unspecified atom stereocenters. The Labute approximate surface area is 189 Å². The molecule has 0 spiro atoms. The van der Waals surface area contributed by atoms with E-state index in [-0.39, 0.29) is 23.0 Å². The summed E-state index contributed by atoms with van der Waals surface area (Å²) >= 11 is 0. The first-order valence-electron chi connectivity index (χ1n) is 10.6. The van der Waals surface area contributed by atoms with Crippen LogP contribution in [0.25, 0.3) is 0 Å². The van der Waals surface area contributed by atoms with E-state index in [1.54, 1.807) is 23.9 Å². The van der Waals surface area contributed by atoms with E-state index in [2.05, 4.69) is 10.4 Å². The molecule has 1 aromatic heterocycles. The van der Waals surface area contributed by atoms with Crippen LogP contribution in [0, 0.1) is 20.8 Å². The van der Waals surface area contributed by atoms with Crippen LogP contribution in [0.4, 0.5) is 0 Å². The zero-order chi connectivity index (χ0) is 23.0. The van der Waals surface area contributed by atoms with Crippen molar-refractivity contribution in [3.63, 3.8) is 0 Å². The van der Waals surface area contributed by atoms with Crippen molar-refractivity contribution in [3.8, 4) is 0 Å². The Morgan fingerprint density at radius 3 is 2.59 bits per heavy atom. The standard InChI is InChI=1S/C24H28N4O3S/c1-16-6-5-7-19(12-16)14-25-24(29)23-21-15-28(11-10-22(21)27(4)26-23)32(30,31)20-9-8-17(2)18(3)13-20/h5-9,12-13H,10-11,14-15H2,1-4H3,(H,25,29). The van der Waals surface area contributed by atoms with Crippen molar-refractivity contribution in [2.75, 3.05) is 6.54 Å². The molecule has 1 aliphatic rings. The molecule has 2 heterocycles. The predicted molar refractivity (Wildman–Crippen MR) is 123 cm³/mol. The minimum absolute atomic E-state index is 0.131. The molecule has 0 saturated carbocycles. The largest absolute Gasteiger partial charge is 0.347 e. The van der Waals surface area contributed by atoms with Crippen LogP contribution in [-0.2, 0) is 36.6 Å². The van der Waals surface area contributed by atoms with E-state index in [1.807, 2.05) is 51.1 Å². The average molecular weight is 453 g/mol. The van der Waals surface area contributed by atoms with Gasteiger partial charge in [0.2, 0.25) is 10.0 Å². The van der Waals surface area contributed by atoms with Gasteiger partial charge in [-0.05, 0) is 49.6 Å². The predicted octanol–water partition coefficient (Wildman–Crippen LogP) is 3.02. The highest BCUT2D eigenvalue weighted by molar-refractivity contribution is 7.89. The summed E-state index contributed by atoms with van der Waals surface area (Å²) in [5.41, 5.74) is 5.97. The number of nitrogens with zero attached hydrogens (tertiary/aromatic N) is 3. The molecule has 0 radical (unpaired) electrons. The number of amides is 1. The number of rotatable bonds is 5. The number of hydrogen-bond acceptors (Lipinski definition) is 4. The van der Waals surface area contributed by atoms with Crippen LogP contribution in [0.1, 0.15) is 44.0 Å². The maximum atomic E-state index is 13.3. The van der Waals surface area contributed by atoms with Gasteiger partial charge in [-0.2, -0.15) is 9.40 Å². The summed E-state index contributed by atoms with van der Waals surface area (Å²) in [5.74, 6) is -0.297. The molecular weight excluding hydrogens is 424 g/mol. The third-order valence-corrected chi connectivity index (χ3v) is 7.92. The minimum atomic E-state index is -3.67. The van der Waals surface area contributed by atoms with Crippen molar-refractivity contribution in [1.29, 1.82) is 0 Å². The van der Waals surface area contributed by atoms with E-state index in [0.717, 1.165) is 27.9 Å². The van der Waals surface area contributed by atoms with Crippen LogP contribution in [0.2, 0.25) is 0 Å². The van der Waals surface area contributed by atoms with Gasteiger partial charge in [-0.3, -0.25) is 9.48 Å². The van der Waals surface area contributed by atoms with E-state index in [9.17, 15) is 13.2 Å². The van der Waals surface area contributed by atoms with Gasteiger partial charge in [0.15, 0.2) is 5.69 Å². The number of fused-ring (bicyclic) bond motifs is 1. The van der Waals surface area contributed by atoms with Gasteiger partial charge in [0.1, 0.15) is 0 Å². The SMILES string of the molecule is Cc1cccc(CNC(=O)c2nn(C)c3c2CN(S(=O)(=O)c2ccc(C)c(C)c2)CC3)c1. The number of carbonyl (C=O) groups is 1. The maximum Gasteiger partial charge on any atom is 0.272 e. The van der Waals surface area contributed by atoms with E-state index >= 15 is 0 Å². The van der Waals surface area contributed by atoms with Gasteiger partial charge < -0.3 is 5.32 Å². The Morgan fingerprint density at radius 2 is 1.88 bits per heavy atom. The van der Waals surface area contributed by atoms with Crippen molar-refractivity contribution in [2.45, 2.75) is 45.2 Å². The average Bonchev–Trinajstić information content (AvgIpc) is 3.10. The zero-order valence-corrected chi connectivity index (χ0v) is 19.7. The Balaban J connectivity index is 1.57. The quantitative estimate of drug-likeness (QED) is 0.645. The molecule has 4 rings (SSSR count).